The van der Waals surface area contributed by atoms with E-state index in [1.165, 1.54) is 6.33 Å². The first kappa shape index (κ1) is 11.8. The van der Waals surface area contributed by atoms with E-state index in [0.29, 0.717) is 17.1 Å². The molecule has 88 valence electrons. The lowest BCUT2D eigenvalue weighted by Gasteiger charge is -2.08. The highest BCUT2D eigenvalue weighted by Gasteiger charge is 2.02. The molecule has 2 rings (SSSR count). The van der Waals surface area contributed by atoms with Crippen molar-refractivity contribution in [3.63, 3.8) is 0 Å². The number of nitrogens with zero attached hydrogens (tertiary/aromatic N) is 2. The normalized spacial score (nSPS) is 10.5. The van der Waals surface area contributed by atoms with Crippen molar-refractivity contribution < 1.29 is 0 Å². The molecule has 5 heteroatoms. The summed E-state index contributed by atoms with van der Waals surface area (Å²) in [4.78, 5) is 15.1. The smallest absolute Gasteiger partial charge is 0.277 e. The Hall–Kier alpha value is -1.65. The Kier molecular flexibility index (Phi) is 3.56. The van der Waals surface area contributed by atoms with Crippen molar-refractivity contribution in [1.82, 2.24) is 9.55 Å². The summed E-state index contributed by atoms with van der Waals surface area (Å²) in [5.74, 6) is 0. The van der Waals surface area contributed by atoms with Crippen LogP contribution in [0.1, 0.15) is 11.1 Å². The molecule has 1 aromatic heterocycles. The highest BCUT2D eigenvalue weighted by atomic mass is 35.5. The Bertz CT molecular complexity index is 580. The van der Waals surface area contributed by atoms with Crippen LogP contribution in [0.4, 0.5) is 0 Å². The average molecular weight is 250 g/mol. The molecule has 4 nitrogen and oxygen atoms in total. The van der Waals surface area contributed by atoms with Crippen molar-refractivity contribution in [2.45, 2.75) is 13.1 Å². The zero-order chi connectivity index (χ0) is 12.3. The van der Waals surface area contributed by atoms with Crippen LogP contribution in [-0.2, 0) is 13.1 Å². The molecule has 0 saturated heterocycles. The maximum Gasteiger partial charge on any atom is 0.277 e. The molecule has 0 fully saturated rings. The number of halogens is 1. The molecule has 1 heterocycles. The second-order valence-corrected chi connectivity index (χ2v) is 4.08. The molecule has 2 aromatic rings. The Balaban J connectivity index is 2.31. The van der Waals surface area contributed by atoms with Gasteiger partial charge < -0.3 is 10.3 Å². The van der Waals surface area contributed by atoms with Gasteiger partial charge in [0.1, 0.15) is 0 Å². The molecule has 1 aromatic carbocycles. The third-order valence-corrected chi connectivity index (χ3v) is 2.82. The number of aromatic nitrogens is 2. The molecule has 0 bridgehead atoms. The van der Waals surface area contributed by atoms with Crippen molar-refractivity contribution in [1.29, 1.82) is 0 Å². The van der Waals surface area contributed by atoms with Crippen LogP contribution >= 0.6 is 11.6 Å². The summed E-state index contributed by atoms with van der Waals surface area (Å²) in [7, 11) is 0. The average Bonchev–Trinajstić information content (AvgIpc) is 2.34. The number of rotatable bonds is 3. The van der Waals surface area contributed by atoms with Gasteiger partial charge in [-0.1, -0.05) is 29.8 Å². The molecule has 0 atom stereocenters. The third-order valence-electron chi connectivity index (χ3n) is 2.45. The summed E-state index contributed by atoms with van der Waals surface area (Å²) in [6, 6.07) is 7.56. The number of nitrogens with two attached hydrogens (primary N) is 1. The quantitative estimate of drug-likeness (QED) is 0.895. The zero-order valence-corrected chi connectivity index (χ0v) is 9.89. The summed E-state index contributed by atoms with van der Waals surface area (Å²) in [6.07, 6.45) is 3.20. The van der Waals surface area contributed by atoms with Crippen LogP contribution in [0.2, 0.25) is 5.02 Å². The van der Waals surface area contributed by atoms with Crippen molar-refractivity contribution in [3.8, 4) is 0 Å². The molecule has 0 unspecified atom stereocenters. The van der Waals surface area contributed by atoms with Gasteiger partial charge in [0.2, 0.25) is 0 Å². The van der Waals surface area contributed by atoms with E-state index in [1.807, 2.05) is 24.3 Å². The van der Waals surface area contributed by atoms with Crippen molar-refractivity contribution in [3.05, 3.63) is 63.3 Å². The molecule has 0 aliphatic rings. The number of benzene rings is 1. The maximum absolute atomic E-state index is 11.3. The summed E-state index contributed by atoms with van der Waals surface area (Å²) in [6.45, 7) is 0.759. The second kappa shape index (κ2) is 5.12. The highest BCUT2D eigenvalue weighted by molar-refractivity contribution is 6.31. The van der Waals surface area contributed by atoms with E-state index < -0.39 is 0 Å². The van der Waals surface area contributed by atoms with E-state index >= 15 is 0 Å². The molecule has 0 aliphatic carbocycles. The van der Waals surface area contributed by atoms with Crippen LogP contribution in [0.5, 0.6) is 0 Å². The van der Waals surface area contributed by atoms with Gasteiger partial charge in [-0.2, -0.15) is 4.98 Å². The van der Waals surface area contributed by atoms with Crippen LogP contribution in [0.3, 0.4) is 0 Å². The minimum absolute atomic E-state index is 0.190. The van der Waals surface area contributed by atoms with Gasteiger partial charge in [-0.3, -0.25) is 4.79 Å². The molecular weight excluding hydrogens is 238 g/mol. The molecule has 0 saturated carbocycles. The fraction of sp³-hybridized carbons (Fsp3) is 0.167. The summed E-state index contributed by atoms with van der Waals surface area (Å²) in [5.41, 5.74) is 6.66. The SMILES string of the molecule is NCc1cn(Cc2ccccc2Cl)cnc1=O. The van der Waals surface area contributed by atoms with Crippen LogP contribution < -0.4 is 11.3 Å². The number of hydrogen-bond donors (Lipinski definition) is 1. The van der Waals surface area contributed by atoms with E-state index in [9.17, 15) is 4.79 Å². The van der Waals surface area contributed by atoms with Gasteiger partial charge >= 0.3 is 0 Å². The van der Waals surface area contributed by atoms with E-state index in [1.54, 1.807) is 10.8 Å². The van der Waals surface area contributed by atoms with Gasteiger partial charge in [-0.15, -0.1) is 0 Å². The van der Waals surface area contributed by atoms with E-state index in [-0.39, 0.29) is 12.1 Å². The monoisotopic (exact) mass is 249 g/mol. The minimum atomic E-state index is -0.275. The van der Waals surface area contributed by atoms with Gasteiger partial charge in [0, 0.05) is 29.9 Å². The number of hydrogen-bond acceptors (Lipinski definition) is 3. The van der Waals surface area contributed by atoms with E-state index in [2.05, 4.69) is 4.98 Å². The van der Waals surface area contributed by atoms with Gasteiger partial charge in [0.15, 0.2) is 0 Å². The van der Waals surface area contributed by atoms with Gasteiger partial charge in [-0.05, 0) is 11.6 Å². The Labute approximate surface area is 104 Å². The second-order valence-electron chi connectivity index (χ2n) is 3.67. The molecule has 0 radical (unpaired) electrons. The van der Waals surface area contributed by atoms with Crippen LogP contribution in [0.15, 0.2) is 41.6 Å². The molecular formula is C12H12ClN3O. The lowest BCUT2D eigenvalue weighted by molar-refractivity contribution is 0.743. The Morgan fingerprint density at radius 1 is 1.29 bits per heavy atom. The highest BCUT2D eigenvalue weighted by Crippen LogP contribution is 2.15. The van der Waals surface area contributed by atoms with Crippen LogP contribution in [0.25, 0.3) is 0 Å². The predicted molar refractivity (Wildman–Crippen MR) is 66.9 cm³/mol. The fourth-order valence-corrected chi connectivity index (χ4v) is 1.74. The van der Waals surface area contributed by atoms with Crippen molar-refractivity contribution in [2.24, 2.45) is 5.73 Å². The molecule has 0 spiro atoms. The molecule has 0 amide bonds. The first-order chi connectivity index (χ1) is 8.20. The largest absolute Gasteiger partial charge is 0.334 e. The van der Waals surface area contributed by atoms with Crippen LogP contribution in [-0.4, -0.2) is 9.55 Å². The maximum atomic E-state index is 11.3. The third kappa shape index (κ3) is 2.72. The first-order valence-electron chi connectivity index (χ1n) is 5.19. The summed E-state index contributed by atoms with van der Waals surface area (Å²) >= 11 is 6.06. The topological polar surface area (TPSA) is 60.9 Å². The first-order valence-corrected chi connectivity index (χ1v) is 5.57. The van der Waals surface area contributed by atoms with Gasteiger partial charge in [0.05, 0.1) is 6.33 Å². The van der Waals surface area contributed by atoms with Crippen molar-refractivity contribution >= 4 is 11.6 Å². The summed E-state index contributed by atoms with van der Waals surface area (Å²) < 4.78 is 1.80. The Morgan fingerprint density at radius 3 is 2.76 bits per heavy atom. The molecule has 0 aliphatic heterocycles. The fourth-order valence-electron chi connectivity index (χ4n) is 1.55. The molecule has 2 N–H and O–H groups in total. The minimum Gasteiger partial charge on any atom is -0.334 e. The lowest BCUT2D eigenvalue weighted by Crippen LogP contribution is -2.19. The van der Waals surface area contributed by atoms with Crippen LogP contribution in [0, 0.1) is 0 Å². The lowest BCUT2D eigenvalue weighted by atomic mass is 10.2. The van der Waals surface area contributed by atoms with E-state index in [4.69, 9.17) is 17.3 Å². The van der Waals surface area contributed by atoms with E-state index in [0.717, 1.165) is 5.56 Å². The predicted octanol–water partition coefficient (Wildman–Crippen LogP) is 1.40. The molecule has 17 heavy (non-hydrogen) atoms. The zero-order valence-electron chi connectivity index (χ0n) is 9.14. The Morgan fingerprint density at radius 2 is 2.06 bits per heavy atom. The van der Waals surface area contributed by atoms with Gasteiger partial charge in [0.25, 0.3) is 5.56 Å². The standard InChI is InChI=1S/C12H12ClN3O/c13-11-4-2-1-3-9(11)6-16-7-10(5-14)12(17)15-8-16/h1-4,7-8H,5-6,14H2. The van der Waals surface area contributed by atoms with Gasteiger partial charge in [-0.25, -0.2) is 0 Å². The van der Waals surface area contributed by atoms with Crippen molar-refractivity contribution in [2.75, 3.05) is 0 Å². The summed E-state index contributed by atoms with van der Waals surface area (Å²) in [5, 5.41) is 0.695.